The highest BCUT2D eigenvalue weighted by Crippen LogP contribution is 2.29. The topological polar surface area (TPSA) is 20.2 Å². The first-order valence-corrected chi connectivity index (χ1v) is 6.17. The molecule has 0 fully saturated rings. The minimum Gasteiger partial charge on any atom is -0.384 e. The lowest BCUT2D eigenvalue weighted by atomic mass is 9.97. The van der Waals surface area contributed by atoms with Gasteiger partial charge in [0.05, 0.1) is 0 Å². The monoisotopic (exact) mass is 312 g/mol. The lowest BCUT2D eigenvalue weighted by Crippen LogP contribution is -2.03. The van der Waals surface area contributed by atoms with Gasteiger partial charge in [0, 0.05) is 10.5 Å². The minimum atomic E-state index is -1.05. The molecule has 0 aliphatic carbocycles. The van der Waals surface area contributed by atoms with Crippen molar-refractivity contribution in [1.82, 2.24) is 0 Å². The summed E-state index contributed by atoms with van der Waals surface area (Å²) in [5, 5.41) is 10.2. The maximum absolute atomic E-state index is 13.1. The smallest absolute Gasteiger partial charge is 0.126 e. The van der Waals surface area contributed by atoms with E-state index in [2.05, 4.69) is 15.9 Å². The molecule has 1 N–H and O–H groups in total. The van der Waals surface area contributed by atoms with E-state index < -0.39 is 17.7 Å². The predicted molar refractivity (Wildman–Crippen MR) is 69.3 cm³/mol. The number of benzene rings is 2. The van der Waals surface area contributed by atoms with Crippen molar-refractivity contribution < 1.29 is 13.9 Å². The van der Waals surface area contributed by atoms with Crippen LogP contribution >= 0.6 is 15.9 Å². The van der Waals surface area contributed by atoms with Gasteiger partial charge in [-0.2, -0.15) is 0 Å². The van der Waals surface area contributed by atoms with Crippen molar-refractivity contribution in [2.24, 2.45) is 0 Å². The van der Waals surface area contributed by atoms with E-state index in [0.29, 0.717) is 5.56 Å². The van der Waals surface area contributed by atoms with Crippen molar-refractivity contribution in [3.63, 3.8) is 0 Å². The van der Waals surface area contributed by atoms with E-state index >= 15 is 0 Å². The number of aliphatic hydroxyl groups excluding tert-OH is 1. The Hall–Kier alpha value is -1.26. The Morgan fingerprint density at radius 1 is 1.11 bits per heavy atom. The van der Waals surface area contributed by atoms with Crippen LogP contribution in [0.25, 0.3) is 0 Å². The maximum Gasteiger partial charge on any atom is 0.126 e. The molecule has 0 saturated carbocycles. The highest BCUT2D eigenvalue weighted by molar-refractivity contribution is 9.10. The standard InChI is InChI=1S/C14H11BrF2O/c1-8-12(3-2-4-13(8)15)14(18)9-5-10(16)7-11(17)6-9/h2-7,14,18H,1H3. The molecule has 2 aromatic rings. The van der Waals surface area contributed by atoms with E-state index in [0.717, 1.165) is 28.2 Å². The van der Waals surface area contributed by atoms with Crippen LogP contribution in [0.1, 0.15) is 22.8 Å². The van der Waals surface area contributed by atoms with Crippen LogP contribution in [-0.4, -0.2) is 5.11 Å². The molecule has 1 unspecified atom stereocenters. The summed E-state index contributed by atoms with van der Waals surface area (Å²) < 4.78 is 27.1. The van der Waals surface area contributed by atoms with Gasteiger partial charge in [0.15, 0.2) is 0 Å². The molecule has 0 radical (unpaired) electrons. The van der Waals surface area contributed by atoms with E-state index in [1.54, 1.807) is 12.1 Å². The third-order valence-corrected chi connectivity index (χ3v) is 3.66. The third-order valence-electron chi connectivity index (χ3n) is 2.80. The van der Waals surface area contributed by atoms with E-state index in [1.165, 1.54) is 0 Å². The Morgan fingerprint density at radius 2 is 1.72 bits per heavy atom. The first-order valence-electron chi connectivity index (χ1n) is 5.38. The zero-order valence-electron chi connectivity index (χ0n) is 9.62. The minimum absolute atomic E-state index is 0.203. The summed E-state index contributed by atoms with van der Waals surface area (Å²) in [7, 11) is 0. The highest BCUT2D eigenvalue weighted by Gasteiger charge is 2.15. The molecule has 1 atom stereocenters. The lowest BCUT2D eigenvalue weighted by molar-refractivity contribution is 0.218. The Bertz CT molecular complexity index is 564. The summed E-state index contributed by atoms with van der Waals surface area (Å²) in [5.41, 5.74) is 1.66. The quantitative estimate of drug-likeness (QED) is 0.884. The normalized spacial score (nSPS) is 12.5. The average Bonchev–Trinajstić information content (AvgIpc) is 2.30. The Kier molecular flexibility index (Phi) is 3.78. The van der Waals surface area contributed by atoms with Gasteiger partial charge in [0.25, 0.3) is 0 Å². The fraction of sp³-hybridized carbons (Fsp3) is 0.143. The summed E-state index contributed by atoms with van der Waals surface area (Å²) in [4.78, 5) is 0. The summed E-state index contributed by atoms with van der Waals surface area (Å²) in [6.07, 6.45) is -1.05. The largest absolute Gasteiger partial charge is 0.384 e. The van der Waals surface area contributed by atoms with Crippen molar-refractivity contribution in [3.8, 4) is 0 Å². The number of aliphatic hydroxyl groups is 1. The molecule has 1 nitrogen and oxygen atoms in total. The molecule has 2 aromatic carbocycles. The van der Waals surface area contributed by atoms with Gasteiger partial charge < -0.3 is 5.11 Å². The van der Waals surface area contributed by atoms with E-state index in [-0.39, 0.29) is 5.56 Å². The van der Waals surface area contributed by atoms with Crippen LogP contribution in [0.2, 0.25) is 0 Å². The van der Waals surface area contributed by atoms with Crippen LogP contribution in [-0.2, 0) is 0 Å². The maximum atomic E-state index is 13.1. The Morgan fingerprint density at radius 3 is 2.33 bits per heavy atom. The van der Waals surface area contributed by atoms with E-state index in [9.17, 15) is 13.9 Å². The molecule has 0 saturated heterocycles. The van der Waals surface area contributed by atoms with Gasteiger partial charge in [-0.05, 0) is 41.8 Å². The second-order valence-electron chi connectivity index (χ2n) is 4.06. The first-order chi connectivity index (χ1) is 8.49. The fourth-order valence-electron chi connectivity index (χ4n) is 1.83. The molecule has 4 heteroatoms. The second-order valence-corrected chi connectivity index (χ2v) is 4.91. The molecule has 18 heavy (non-hydrogen) atoms. The molecule has 94 valence electrons. The predicted octanol–water partition coefficient (Wildman–Crippen LogP) is 4.12. The van der Waals surface area contributed by atoms with Crippen LogP contribution in [0.4, 0.5) is 8.78 Å². The van der Waals surface area contributed by atoms with Crippen molar-refractivity contribution >= 4 is 15.9 Å². The number of hydrogen-bond acceptors (Lipinski definition) is 1. The van der Waals surface area contributed by atoms with Crippen molar-refractivity contribution in [2.75, 3.05) is 0 Å². The van der Waals surface area contributed by atoms with Gasteiger partial charge in [-0.25, -0.2) is 8.78 Å². The molecule has 0 bridgehead atoms. The van der Waals surface area contributed by atoms with Gasteiger partial charge >= 0.3 is 0 Å². The molecular weight excluding hydrogens is 302 g/mol. The van der Waals surface area contributed by atoms with Crippen LogP contribution in [0.3, 0.4) is 0 Å². The number of rotatable bonds is 2. The van der Waals surface area contributed by atoms with Gasteiger partial charge in [0.1, 0.15) is 17.7 Å². The average molecular weight is 313 g/mol. The second kappa shape index (κ2) is 5.16. The van der Waals surface area contributed by atoms with Crippen LogP contribution in [0.15, 0.2) is 40.9 Å². The Labute approximate surface area is 112 Å². The molecule has 2 rings (SSSR count). The summed E-state index contributed by atoms with van der Waals surface area (Å²) >= 11 is 3.36. The van der Waals surface area contributed by atoms with Crippen LogP contribution < -0.4 is 0 Å². The highest BCUT2D eigenvalue weighted by atomic mass is 79.9. The SMILES string of the molecule is Cc1c(Br)cccc1C(O)c1cc(F)cc(F)c1. The van der Waals surface area contributed by atoms with Crippen LogP contribution in [0, 0.1) is 18.6 Å². The van der Waals surface area contributed by atoms with Gasteiger partial charge in [-0.15, -0.1) is 0 Å². The molecule has 0 heterocycles. The lowest BCUT2D eigenvalue weighted by Gasteiger charge is -2.15. The Balaban J connectivity index is 2.47. The zero-order chi connectivity index (χ0) is 13.3. The third kappa shape index (κ3) is 2.60. The fourth-order valence-corrected chi connectivity index (χ4v) is 2.21. The van der Waals surface area contributed by atoms with E-state index in [1.807, 2.05) is 13.0 Å². The van der Waals surface area contributed by atoms with Crippen molar-refractivity contribution in [1.29, 1.82) is 0 Å². The summed E-state index contributed by atoms with van der Waals surface area (Å²) in [6.45, 7) is 1.83. The van der Waals surface area contributed by atoms with Crippen LogP contribution in [0.5, 0.6) is 0 Å². The molecule has 0 aromatic heterocycles. The van der Waals surface area contributed by atoms with Crippen molar-refractivity contribution in [2.45, 2.75) is 13.0 Å². The summed E-state index contributed by atoms with van der Waals surface area (Å²) in [5.74, 6) is -1.40. The molecule has 0 amide bonds. The zero-order valence-corrected chi connectivity index (χ0v) is 11.2. The number of hydrogen-bond donors (Lipinski definition) is 1. The number of halogens is 3. The molecule has 0 aliphatic heterocycles. The van der Waals surface area contributed by atoms with Gasteiger partial charge in [-0.1, -0.05) is 28.1 Å². The molecule has 0 aliphatic rings. The van der Waals surface area contributed by atoms with E-state index in [4.69, 9.17) is 0 Å². The van der Waals surface area contributed by atoms with Gasteiger partial charge in [-0.3, -0.25) is 0 Å². The first kappa shape index (κ1) is 13.2. The molecule has 0 spiro atoms. The summed E-state index contributed by atoms with van der Waals surface area (Å²) in [6, 6.07) is 8.39. The van der Waals surface area contributed by atoms with Crippen molar-refractivity contribution in [3.05, 3.63) is 69.2 Å². The molecular formula is C14H11BrF2O. The van der Waals surface area contributed by atoms with Gasteiger partial charge in [0.2, 0.25) is 0 Å².